The van der Waals surface area contributed by atoms with Gasteiger partial charge < -0.3 is 10.2 Å². The highest BCUT2D eigenvalue weighted by atomic mass is 16.2. The second kappa shape index (κ2) is 6.50. The van der Waals surface area contributed by atoms with E-state index in [0.717, 1.165) is 10.9 Å². The first-order valence-electron chi connectivity index (χ1n) is 7.53. The minimum Gasteiger partial charge on any atom is -0.345 e. The number of nitrogens with zero attached hydrogens (tertiary/aromatic N) is 2. The van der Waals surface area contributed by atoms with Crippen molar-refractivity contribution in [2.75, 3.05) is 19.4 Å². The van der Waals surface area contributed by atoms with Crippen molar-refractivity contribution < 1.29 is 9.59 Å². The number of amides is 2. The SMILES string of the molecule is CN(C)C(=O)c1cccc(NC(=O)c2ccnc3ccccc23)c1. The highest BCUT2D eigenvalue weighted by Gasteiger charge is 2.12. The lowest BCUT2D eigenvalue weighted by atomic mass is 10.1. The fourth-order valence-electron chi connectivity index (χ4n) is 2.48. The molecule has 0 saturated carbocycles. The number of benzene rings is 2. The van der Waals surface area contributed by atoms with Gasteiger partial charge in [-0.3, -0.25) is 14.6 Å². The van der Waals surface area contributed by atoms with E-state index in [-0.39, 0.29) is 11.8 Å². The average molecular weight is 319 g/mol. The molecule has 24 heavy (non-hydrogen) atoms. The Morgan fingerprint density at radius 3 is 2.58 bits per heavy atom. The number of aromatic nitrogens is 1. The van der Waals surface area contributed by atoms with Crippen LogP contribution in [0.4, 0.5) is 5.69 Å². The number of carbonyl (C=O) groups excluding carboxylic acids is 2. The maximum atomic E-state index is 12.6. The van der Waals surface area contributed by atoms with E-state index >= 15 is 0 Å². The molecule has 5 heteroatoms. The zero-order chi connectivity index (χ0) is 17.1. The van der Waals surface area contributed by atoms with E-state index in [9.17, 15) is 9.59 Å². The summed E-state index contributed by atoms with van der Waals surface area (Å²) in [6.45, 7) is 0. The number of anilines is 1. The van der Waals surface area contributed by atoms with Crippen LogP contribution in [0, 0.1) is 0 Å². The molecule has 0 radical (unpaired) electrons. The van der Waals surface area contributed by atoms with Crippen LogP contribution in [0.2, 0.25) is 0 Å². The molecule has 0 aliphatic rings. The van der Waals surface area contributed by atoms with Crippen LogP contribution in [-0.4, -0.2) is 35.8 Å². The number of carbonyl (C=O) groups is 2. The van der Waals surface area contributed by atoms with Crippen molar-refractivity contribution >= 4 is 28.4 Å². The molecular formula is C19H17N3O2. The zero-order valence-electron chi connectivity index (χ0n) is 13.5. The van der Waals surface area contributed by atoms with E-state index in [4.69, 9.17) is 0 Å². The molecule has 3 rings (SSSR count). The molecule has 1 N–H and O–H groups in total. The van der Waals surface area contributed by atoms with Crippen LogP contribution in [0.25, 0.3) is 10.9 Å². The Labute approximate surface area is 139 Å². The van der Waals surface area contributed by atoms with Gasteiger partial charge in [-0.1, -0.05) is 24.3 Å². The first-order chi connectivity index (χ1) is 11.6. The lowest BCUT2D eigenvalue weighted by Gasteiger charge is -2.12. The summed E-state index contributed by atoms with van der Waals surface area (Å²) in [7, 11) is 3.38. The molecule has 2 aromatic carbocycles. The molecule has 0 fully saturated rings. The number of hydrogen-bond acceptors (Lipinski definition) is 3. The van der Waals surface area contributed by atoms with Crippen LogP contribution in [0.1, 0.15) is 20.7 Å². The highest BCUT2D eigenvalue weighted by molar-refractivity contribution is 6.12. The summed E-state index contributed by atoms with van der Waals surface area (Å²) in [4.78, 5) is 30.4. The minimum atomic E-state index is -0.233. The Hall–Kier alpha value is -3.21. The summed E-state index contributed by atoms with van der Waals surface area (Å²) in [5.41, 5.74) is 2.41. The molecule has 0 bridgehead atoms. The van der Waals surface area contributed by atoms with E-state index in [1.807, 2.05) is 24.3 Å². The van der Waals surface area contributed by atoms with E-state index in [0.29, 0.717) is 16.8 Å². The van der Waals surface area contributed by atoms with Crippen LogP contribution in [0.5, 0.6) is 0 Å². The first-order valence-corrected chi connectivity index (χ1v) is 7.53. The van der Waals surface area contributed by atoms with Gasteiger partial charge in [0.25, 0.3) is 11.8 Å². The van der Waals surface area contributed by atoms with Crippen LogP contribution in [0.3, 0.4) is 0 Å². The third-order valence-corrected chi connectivity index (χ3v) is 3.67. The number of rotatable bonds is 3. The first kappa shape index (κ1) is 15.7. The lowest BCUT2D eigenvalue weighted by molar-refractivity contribution is 0.0827. The third kappa shape index (κ3) is 3.10. The largest absolute Gasteiger partial charge is 0.345 e. The van der Waals surface area contributed by atoms with Gasteiger partial charge in [0, 0.05) is 36.9 Å². The Balaban J connectivity index is 1.90. The zero-order valence-corrected chi connectivity index (χ0v) is 13.5. The van der Waals surface area contributed by atoms with Crippen LogP contribution < -0.4 is 5.32 Å². The van der Waals surface area contributed by atoms with Crippen molar-refractivity contribution in [3.63, 3.8) is 0 Å². The van der Waals surface area contributed by atoms with Crippen LogP contribution in [-0.2, 0) is 0 Å². The molecule has 0 atom stereocenters. The van der Waals surface area contributed by atoms with Gasteiger partial charge in [0.05, 0.1) is 11.1 Å². The predicted molar refractivity (Wildman–Crippen MR) is 94.2 cm³/mol. The van der Waals surface area contributed by atoms with Gasteiger partial charge in [0.15, 0.2) is 0 Å². The summed E-state index contributed by atoms with van der Waals surface area (Å²) < 4.78 is 0. The fourth-order valence-corrected chi connectivity index (χ4v) is 2.48. The molecule has 0 saturated heterocycles. The van der Waals surface area contributed by atoms with Gasteiger partial charge in [-0.2, -0.15) is 0 Å². The smallest absolute Gasteiger partial charge is 0.256 e. The second-order valence-corrected chi connectivity index (χ2v) is 5.61. The Kier molecular flexibility index (Phi) is 4.24. The fraction of sp³-hybridized carbons (Fsp3) is 0.105. The van der Waals surface area contributed by atoms with Crippen molar-refractivity contribution in [3.8, 4) is 0 Å². The molecule has 1 aromatic heterocycles. The quantitative estimate of drug-likeness (QED) is 0.806. The summed E-state index contributed by atoms with van der Waals surface area (Å²) in [6, 6.07) is 16.1. The Morgan fingerprint density at radius 1 is 1.00 bits per heavy atom. The average Bonchev–Trinajstić information content (AvgIpc) is 2.60. The normalized spacial score (nSPS) is 10.4. The number of fused-ring (bicyclic) bond motifs is 1. The number of pyridine rings is 1. The van der Waals surface area contributed by atoms with Gasteiger partial charge in [0.2, 0.25) is 0 Å². The summed E-state index contributed by atoms with van der Waals surface area (Å²) in [5.74, 6) is -0.344. The molecule has 0 spiro atoms. The lowest BCUT2D eigenvalue weighted by Crippen LogP contribution is -2.22. The van der Waals surface area contributed by atoms with Crippen LogP contribution in [0.15, 0.2) is 60.8 Å². The Bertz CT molecular complexity index is 914. The topological polar surface area (TPSA) is 62.3 Å². The standard InChI is InChI=1S/C19H17N3O2/c1-22(2)19(24)13-6-5-7-14(12-13)21-18(23)16-10-11-20-17-9-4-3-8-15(16)17/h3-12H,1-2H3,(H,21,23). The molecule has 0 aliphatic heterocycles. The maximum Gasteiger partial charge on any atom is 0.256 e. The molecule has 1 heterocycles. The third-order valence-electron chi connectivity index (χ3n) is 3.67. The van der Waals surface area contributed by atoms with E-state index in [2.05, 4.69) is 10.3 Å². The summed E-state index contributed by atoms with van der Waals surface area (Å²) in [6.07, 6.45) is 1.61. The highest BCUT2D eigenvalue weighted by Crippen LogP contribution is 2.19. The van der Waals surface area contributed by atoms with Crippen molar-refractivity contribution in [3.05, 3.63) is 71.9 Å². The van der Waals surface area contributed by atoms with Gasteiger partial charge in [-0.05, 0) is 30.3 Å². The van der Waals surface area contributed by atoms with E-state index in [1.54, 1.807) is 50.6 Å². The van der Waals surface area contributed by atoms with Gasteiger partial charge in [-0.15, -0.1) is 0 Å². The van der Waals surface area contributed by atoms with Gasteiger partial charge >= 0.3 is 0 Å². The van der Waals surface area contributed by atoms with Gasteiger partial charge in [-0.25, -0.2) is 0 Å². The van der Waals surface area contributed by atoms with Crippen molar-refractivity contribution in [2.45, 2.75) is 0 Å². The minimum absolute atomic E-state index is 0.111. The Morgan fingerprint density at radius 2 is 1.79 bits per heavy atom. The van der Waals surface area contributed by atoms with Crippen molar-refractivity contribution in [1.82, 2.24) is 9.88 Å². The van der Waals surface area contributed by atoms with Crippen LogP contribution >= 0.6 is 0 Å². The second-order valence-electron chi connectivity index (χ2n) is 5.61. The number of nitrogens with one attached hydrogen (secondary N) is 1. The molecule has 120 valence electrons. The van der Waals surface area contributed by atoms with E-state index in [1.165, 1.54) is 4.90 Å². The predicted octanol–water partition coefficient (Wildman–Crippen LogP) is 3.19. The molecule has 0 unspecified atom stereocenters. The van der Waals surface area contributed by atoms with Crippen molar-refractivity contribution in [1.29, 1.82) is 0 Å². The molecule has 0 aliphatic carbocycles. The molecular weight excluding hydrogens is 302 g/mol. The monoisotopic (exact) mass is 319 g/mol. The van der Waals surface area contributed by atoms with Crippen molar-refractivity contribution in [2.24, 2.45) is 0 Å². The number of hydrogen-bond donors (Lipinski definition) is 1. The summed E-state index contributed by atoms with van der Waals surface area (Å²) in [5, 5.41) is 3.64. The maximum absolute atomic E-state index is 12.6. The summed E-state index contributed by atoms with van der Waals surface area (Å²) >= 11 is 0. The molecule has 3 aromatic rings. The number of para-hydroxylation sites is 1. The van der Waals surface area contributed by atoms with E-state index < -0.39 is 0 Å². The molecule has 2 amide bonds. The molecule has 5 nitrogen and oxygen atoms in total. The van der Waals surface area contributed by atoms with Gasteiger partial charge in [0.1, 0.15) is 0 Å².